The van der Waals surface area contributed by atoms with Gasteiger partial charge in [-0.25, -0.2) is 4.98 Å². The van der Waals surface area contributed by atoms with Gasteiger partial charge in [0.2, 0.25) is 5.91 Å². The first-order valence-corrected chi connectivity index (χ1v) is 6.68. The van der Waals surface area contributed by atoms with Gasteiger partial charge < -0.3 is 10.6 Å². The van der Waals surface area contributed by atoms with Gasteiger partial charge in [0, 0.05) is 18.3 Å². The van der Waals surface area contributed by atoms with E-state index >= 15 is 0 Å². The molecule has 0 unspecified atom stereocenters. The summed E-state index contributed by atoms with van der Waals surface area (Å²) in [5.41, 5.74) is 1.30. The molecular weight excluding hydrogens is 290 g/mol. The molecule has 0 fully saturated rings. The van der Waals surface area contributed by atoms with E-state index in [-0.39, 0.29) is 18.2 Å². The van der Waals surface area contributed by atoms with Crippen LogP contribution in [0.5, 0.6) is 0 Å². The van der Waals surface area contributed by atoms with Crippen molar-refractivity contribution in [2.75, 3.05) is 12.4 Å². The van der Waals surface area contributed by atoms with Crippen molar-refractivity contribution in [3.8, 4) is 0 Å². The molecule has 2 N–H and O–H groups in total. The molecule has 2 aromatic rings. The number of pyridine rings is 1. The number of rotatable bonds is 4. The molecule has 5 nitrogen and oxygen atoms in total. The van der Waals surface area contributed by atoms with Crippen LogP contribution in [0.2, 0.25) is 5.02 Å². The number of anilines is 1. The Morgan fingerprint density at radius 3 is 2.43 bits per heavy atom. The van der Waals surface area contributed by atoms with E-state index in [2.05, 4.69) is 15.6 Å². The van der Waals surface area contributed by atoms with E-state index in [4.69, 9.17) is 11.6 Å². The van der Waals surface area contributed by atoms with Crippen molar-refractivity contribution in [2.45, 2.75) is 6.42 Å². The second kappa shape index (κ2) is 6.85. The largest absolute Gasteiger partial charge is 0.355 e. The van der Waals surface area contributed by atoms with E-state index in [1.807, 2.05) is 0 Å². The van der Waals surface area contributed by atoms with Crippen molar-refractivity contribution in [1.29, 1.82) is 0 Å². The molecule has 0 aliphatic heterocycles. The van der Waals surface area contributed by atoms with Crippen LogP contribution in [0.1, 0.15) is 15.9 Å². The molecule has 0 saturated carbocycles. The summed E-state index contributed by atoms with van der Waals surface area (Å²) in [7, 11) is 1.55. The molecule has 108 valence electrons. The molecule has 0 radical (unpaired) electrons. The maximum Gasteiger partial charge on any atom is 0.252 e. The zero-order chi connectivity index (χ0) is 15.2. The molecule has 1 aromatic heterocycles. The average Bonchev–Trinajstić information content (AvgIpc) is 2.49. The number of nitrogens with zero attached hydrogens (tertiary/aromatic N) is 1. The van der Waals surface area contributed by atoms with Crippen molar-refractivity contribution < 1.29 is 9.59 Å². The first-order chi connectivity index (χ1) is 10.1. The van der Waals surface area contributed by atoms with Gasteiger partial charge in [0.05, 0.1) is 12.0 Å². The zero-order valence-electron chi connectivity index (χ0n) is 11.4. The third-order valence-electron chi connectivity index (χ3n) is 2.80. The highest BCUT2D eigenvalue weighted by atomic mass is 35.5. The van der Waals surface area contributed by atoms with Gasteiger partial charge in [-0.3, -0.25) is 9.59 Å². The number of benzene rings is 1. The zero-order valence-corrected chi connectivity index (χ0v) is 12.1. The molecule has 6 heteroatoms. The maximum atomic E-state index is 11.9. The Morgan fingerprint density at radius 2 is 1.86 bits per heavy atom. The molecule has 1 heterocycles. The lowest BCUT2D eigenvalue weighted by molar-refractivity contribution is -0.115. The van der Waals surface area contributed by atoms with Crippen molar-refractivity contribution >= 4 is 29.2 Å². The predicted octanol–water partition coefficient (Wildman–Crippen LogP) is 2.28. The van der Waals surface area contributed by atoms with Gasteiger partial charge in [-0.15, -0.1) is 0 Å². The minimum atomic E-state index is -0.221. The third-order valence-corrected chi connectivity index (χ3v) is 3.05. The number of hydrogen-bond donors (Lipinski definition) is 2. The van der Waals surface area contributed by atoms with E-state index in [9.17, 15) is 9.59 Å². The number of carbonyl (C=O) groups excluding carboxylic acids is 2. The fraction of sp³-hybridized carbons (Fsp3) is 0.133. The maximum absolute atomic E-state index is 11.9. The van der Waals surface area contributed by atoms with Crippen LogP contribution in [-0.2, 0) is 11.2 Å². The summed E-state index contributed by atoms with van der Waals surface area (Å²) < 4.78 is 0. The Kier molecular flexibility index (Phi) is 4.90. The Morgan fingerprint density at radius 1 is 1.14 bits per heavy atom. The third kappa shape index (κ3) is 4.29. The molecule has 0 spiro atoms. The first-order valence-electron chi connectivity index (χ1n) is 6.31. The Bertz CT molecular complexity index is 639. The summed E-state index contributed by atoms with van der Waals surface area (Å²) in [6.07, 6.45) is 1.65. The van der Waals surface area contributed by atoms with Crippen molar-refractivity contribution in [3.05, 3.63) is 58.7 Å². The number of carbonyl (C=O) groups is 2. The van der Waals surface area contributed by atoms with Gasteiger partial charge in [-0.05, 0) is 29.8 Å². The van der Waals surface area contributed by atoms with Crippen LogP contribution >= 0.6 is 11.6 Å². The van der Waals surface area contributed by atoms with Crippen molar-refractivity contribution in [2.24, 2.45) is 0 Å². The first kappa shape index (κ1) is 15.0. The highest BCUT2D eigenvalue weighted by Gasteiger charge is 2.07. The minimum Gasteiger partial charge on any atom is -0.355 e. The van der Waals surface area contributed by atoms with Crippen molar-refractivity contribution in [3.63, 3.8) is 0 Å². The summed E-state index contributed by atoms with van der Waals surface area (Å²) in [6, 6.07) is 10.3. The van der Waals surface area contributed by atoms with E-state index in [0.29, 0.717) is 16.4 Å². The normalized spacial score (nSPS) is 10.0. The predicted molar refractivity (Wildman–Crippen MR) is 81.4 cm³/mol. The summed E-state index contributed by atoms with van der Waals surface area (Å²) >= 11 is 5.79. The van der Waals surface area contributed by atoms with Crippen molar-refractivity contribution in [1.82, 2.24) is 10.3 Å². The highest BCUT2D eigenvalue weighted by Crippen LogP contribution is 2.11. The lowest BCUT2D eigenvalue weighted by Gasteiger charge is -2.05. The number of aromatic nitrogens is 1. The van der Waals surface area contributed by atoms with Crippen LogP contribution in [0.3, 0.4) is 0 Å². The topological polar surface area (TPSA) is 71.1 Å². The number of nitrogens with one attached hydrogen (secondary N) is 2. The molecule has 21 heavy (non-hydrogen) atoms. The minimum absolute atomic E-state index is 0.183. The quantitative estimate of drug-likeness (QED) is 0.910. The Balaban J connectivity index is 1.96. The molecule has 2 amide bonds. The Labute approximate surface area is 127 Å². The number of halogens is 1. The molecule has 2 rings (SSSR count). The van der Waals surface area contributed by atoms with E-state index in [1.165, 1.54) is 6.20 Å². The lowest BCUT2D eigenvalue weighted by atomic mass is 10.1. The van der Waals surface area contributed by atoms with Crippen LogP contribution in [0, 0.1) is 0 Å². The van der Waals surface area contributed by atoms with E-state index in [0.717, 1.165) is 5.56 Å². The Hall–Kier alpha value is -2.40. The number of hydrogen-bond acceptors (Lipinski definition) is 3. The van der Waals surface area contributed by atoms with Crippen LogP contribution in [0.25, 0.3) is 0 Å². The molecule has 0 aliphatic rings. The molecule has 0 aliphatic carbocycles. The van der Waals surface area contributed by atoms with Crippen LogP contribution < -0.4 is 10.6 Å². The molecule has 0 saturated heterocycles. The second-order valence-electron chi connectivity index (χ2n) is 4.36. The molecular formula is C15H14ClN3O2. The van der Waals surface area contributed by atoms with Crippen LogP contribution in [-0.4, -0.2) is 23.8 Å². The van der Waals surface area contributed by atoms with Crippen LogP contribution in [0.15, 0.2) is 42.6 Å². The van der Waals surface area contributed by atoms with Gasteiger partial charge in [0.25, 0.3) is 5.91 Å². The SMILES string of the molecule is CNC(=O)c1ccc(NC(=O)Cc2ccc(Cl)cc2)nc1. The van der Waals surface area contributed by atoms with E-state index in [1.54, 1.807) is 43.4 Å². The lowest BCUT2D eigenvalue weighted by Crippen LogP contribution is -2.19. The van der Waals surface area contributed by atoms with Crippen LogP contribution in [0.4, 0.5) is 5.82 Å². The van der Waals surface area contributed by atoms with Gasteiger partial charge >= 0.3 is 0 Å². The number of amides is 2. The molecule has 0 atom stereocenters. The fourth-order valence-corrected chi connectivity index (χ4v) is 1.85. The van der Waals surface area contributed by atoms with Gasteiger partial charge in [-0.2, -0.15) is 0 Å². The average molecular weight is 304 g/mol. The summed E-state index contributed by atoms with van der Waals surface area (Å²) in [6.45, 7) is 0. The summed E-state index contributed by atoms with van der Waals surface area (Å²) in [4.78, 5) is 27.3. The highest BCUT2D eigenvalue weighted by molar-refractivity contribution is 6.30. The fourth-order valence-electron chi connectivity index (χ4n) is 1.72. The van der Waals surface area contributed by atoms with Gasteiger partial charge in [-0.1, -0.05) is 23.7 Å². The van der Waals surface area contributed by atoms with E-state index < -0.39 is 0 Å². The summed E-state index contributed by atoms with van der Waals surface area (Å²) in [5, 5.41) is 5.81. The monoisotopic (exact) mass is 303 g/mol. The van der Waals surface area contributed by atoms with Gasteiger partial charge in [0.15, 0.2) is 0 Å². The smallest absolute Gasteiger partial charge is 0.252 e. The van der Waals surface area contributed by atoms with Gasteiger partial charge in [0.1, 0.15) is 5.82 Å². The molecule has 1 aromatic carbocycles. The standard InChI is InChI=1S/C15H14ClN3O2/c1-17-15(21)11-4-7-13(18-9-11)19-14(20)8-10-2-5-12(16)6-3-10/h2-7,9H,8H2,1H3,(H,17,21)(H,18,19,20). The molecule has 0 bridgehead atoms. The second-order valence-corrected chi connectivity index (χ2v) is 4.80. The summed E-state index contributed by atoms with van der Waals surface area (Å²) in [5.74, 6) is 0.000623.